The van der Waals surface area contributed by atoms with Crippen molar-refractivity contribution in [2.75, 3.05) is 0 Å². The van der Waals surface area contributed by atoms with Crippen molar-refractivity contribution >= 4 is 0 Å². The third-order valence-corrected chi connectivity index (χ3v) is 3.98. The minimum atomic E-state index is -2.25. The second-order valence-corrected chi connectivity index (χ2v) is 5.76. The van der Waals surface area contributed by atoms with Crippen LogP contribution in [0.1, 0.15) is 38.3 Å². The summed E-state index contributed by atoms with van der Waals surface area (Å²) in [4.78, 5) is 0. The van der Waals surface area contributed by atoms with Crippen LogP contribution in [-0.2, 0) is 0 Å². The van der Waals surface area contributed by atoms with Gasteiger partial charge in [0.05, 0.1) is 6.04 Å². The van der Waals surface area contributed by atoms with E-state index >= 15 is 0 Å². The number of benzene rings is 1. The molecule has 1 aromatic carbocycles. The molecule has 0 N–H and O–H groups in total. The van der Waals surface area contributed by atoms with E-state index < -0.39 is 40.9 Å². The number of fused-ring (bicyclic) bond motifs is 1. The van der Waals surface area contributed by atoms with Gasteiger partial charge in [0.2, 0.25) is 41.1 Å². The maximum absolute atomic E-state index is 14.0. The summed E-state index contributed by atoms with van der Waals surface area (Å²) in [5, 5.41) is 3.68. The van der Waals surface area contributed by atoms with Crippen LogP contribution in [0.3, 0.4) is 0 Å². The third-order valence-electron chi connectivity index (χ3n) is 3.98. The Labute approximate surface area is 127 Å². The molecule has 2 aromatic rings. The second-order valence-electron chi connectivity index (χ2n) is 5.76. The highest BCUT2D eigenvalue weighted by Gasteiger charge is 2.43. The zero-order valence-corrected chi connectivity index (χ0v) is 12.1. The topological polar surface area (TPSA) is 21.7 Å². The monoisotopic (exact) mass is 336 g/mol. The fourth-order valence-corrected chi connectivity index (χ4v) is 2.77. The smallest absolute Gasteiger partial charge is 0.235 e. The number of halogens is 6. The molecule has 3 nitrogen and oxygen atoms in total. The summed E-state index contributed by atoms with van der Waals surface area (Å²) in [6.45, 7) is 3.66. The van der Waals surface area contributed by atoms with Crippen molar-refractivity contribution in [3.05, 3.63) is 41.2 Å². The summed E-state index contributed by atoms with van der Waals surface area (Å²) >= 11 is 0. The van der Waals surface area contributed by atoms with E-state index in [-0.39, 0.29) is 24.2 Å². The number of hydrogen-bond acceptors (Lipinski definition) is 1. The average molecular weight is 336 g/mol. The van der Waals surface area contributed by atoms with Gasteiger partial charge >= 0.3 is 5.82 Å². The Morgan fingerprint density at radius 1 is 1.04 bits per heavy atom. The Balaban J connectivity index is 2.20. The lowest BCUT2D eigenvalue weighted by Crippen LogP contribution is -2.39. The maximum Gasteiger partial charge on any atom is 0.312 e. The van der Waals surface area contributed by atoms with Gasteiger partial charge in [-0.1, -0.05) is 18.5 Å². The molecule has 2 unspecified atom stereocenters. The van der Waals surface area contributed by atoms with E-state index in [1.807, 2.05) is 13.8 Å². The number of alkyl halides is 1. The van der Waals surface area contributed by atoms with Crippen molar-refractivity contribution in [3.8, 4) is 5.69 Å². The highest BCUT2D eigenvalue weighted by atomic mass is 19.2. The van der Waals surface area contributed by atoms with Crippen molar-refractivity contribution in [2.45, 2.75) is 32.5 Å². The highest BCUT2D eigenvalue weighted by molar-refractivity contribution is 5.36. The molecule has 23 heavy (non-hydrogen) atoms. The quantitative estimate of drug-likeness (QED) is 0.356. The van der Waals surface area contributed by atoms with Crippen molar-refractivity contribution in [3.63, 3.8) is 0 Å². The summed E-state index contributed by atoms with van der Waals surface area (Å²) < 4.78 is 83.1. The van der Waals surface area contributed by atoms with Crippen LogP contribution in [-0.4, -0.2) is 9.78 Å². The minimum Gasteiger partial charge on any atom is -0.235 e. The predicted octanol–water partition coefficient (Wildman–Crippen LogP) is 3.47. The van der Waals surface area contributed by atoms with Gasteiger partial charge in [-0.05, 0) is 5.92 Å². The van der Waals surface area contributed by atoms with Crippen LogP contribution >= 0.6 is 0 Å². The zero-order valence-electron chi connectivity index (χ0n) is 12.1. The van der Waals surface area contributed by atoms with E-state index in [2.05, 4.69) is 5.10 Å². The van der Waals surface area contributed by atoms with Gasteiger partial charge in [-0.2, -0.15) is 8.78 Å². The molecule has 9 heteroatoms. The third kappa shape index (κ3) is 2.21. The van der Waals surface area contributed by atoms with Crippen LogP contribution in [0.2, 0.25) is 0 Å². The molecule has 1 aromatic heterocycles. The Hall–Kier alpha value is -2.06. The zero-order chi connectivity index (χ0) is 17.0. The summed E-state index contributed by atoms with van der Waals surface area (Å²) in [7, 11) is 0. The van der Waals surface area contributed by atoms with Gasteiger partial charge in [-0.15, -0.1) is 0 Å². The number of aromatic nitrogens is 3. The molecular weight excluding hydrogens is 324 g/mol. The van der Waals surface area contributed by atoms with Crippen LogP contribution in [0.25, 0.3) is 5.69 Å². The molecular formula is C14H12F6N3+. The largest absolute Gasteiger partial charge is 0.312 e. The first-order valence-corrected chi connectivity index (χ1v) is 6.90. The molecule has 124 valence electrons. The lowest BCUT2D eigenvalue weighted by molar-refractivity contribution is -0.723. The Morgan fingerprint density at radius 2 is 1.57 bits per heavy atom. The first-order chi connectivity index (χ1) is 10.7. The molecule has 0 amide bonds. The van der Waals surface area contributed by atoms with Crippen molar-refractivity contribution in [1.29, 1.82) is 0 Å². The van der Waals surface area contributed by atoms with Crippen LogP contribution < -0.4 is 4.57 Å². The molecule has 0 bridgehead atoms. The molecule has 3 rings (SSSR count). The summed E-state index contributed by atoms with van der Waals surface area (Å²) in [6, 6.07) is -0.310. The van der Waals surface area contributed by atoms with Gasteiger partial charge in [0.1, 0.15) is 0 Å². The molecule has 0 saturated carbocycles. The van der Waals surface area contributed by atoms with Gasteiger partial charge in [0, 0.05) is 11.5 Å². The first kappa shape index (κ1) is 15.8. The molecule has 0 aliphatic carbocycles. The van der Waals surface area contributed by atoms with Crippen molar-refractivity contribution < 1.29 is 30.9 Å². The van der Waals surface area contributed by atoms with Gasteiger partial charge < -0.3 is 0 Å². The van der Waals surface area contributed by atoms with E-state index in [0.29, 0.717) is 4.68 Å². The van der Waals surface area contributed by atoms with Gasteiger partial charge in [0.15, 0.2) is 6.17 Å². The SMILES string of the molecule is CC(C)C1CC(F)c2nn(-c3c(F)c(F)c(F)c(F)c3F)c[n+]21. The number of nitrogens with zero attached hydrogens (tertiary/aromatic N) is 3. The van der Waals surface area contributed by atoms with Crippen LogP contribution in [0, 0.1) is 35.0 Å². The van der Waals surface area contributed by atoms with Gasteiger partial charge in [-0.3, -0.25) is 0 Å². The first-order valence-electron chi connectivity index (χ1n) is 6.90. The van der Waals surface area contributed by atoms with Gasteiger partial charge in [0.25, 0.3) is 0 Å². The van der Waals surface area contributed by atoms with E-state index in [0.717, 1.165) is 6.33 Å². The molecule has 0 saturated heterocycles. The summed E-state index contributed by atoms with van der Waals surface area (Å²) in [6.07, 6.45) is -0.264. The van der Waals surface area contributed by atoms with E-state index in [1.54, 1.807) is 0 Å². The summed E-state index contributed by atoms with van der Waals surface area (Å²) in [5.41, 5.74) is -1.22. The minimum absolute atomic E-state index is 0.00790. The van der Waals surface area contributed by atoms with Crippen LogP contribution in [0.15, 0.2) is 6.33 Å². The van der Waals surface area contributed by atoms with Crippen molar-refractivity contribution in [1.82, 2.24) is 9.78 Å². The lowest BCUT2D eigenvalue weighted by atomic mass is 10.0. The Bertz CT molecular complexity index is 756. The number of hydrogen-bond donors (Lipinski definition) is 0. The van der Waals surface area contributed by atoms with E-state index in [4.69, 9.17) is 0 Å². The Kier molecular flexibility index (Phi) is 3.61. The standard InChI is InChI=1S/C14H12F6N3/c1-5(2)7-3-6(15)14-21-23(4-22(7)14)13-11(19)9(17)8(16)10(18)12(13)20/h4-7H,3H2,1-2H3/q+1. The normalized spacial score (nSPS) is 20.4. The molecule has 1 aliphatic rings. The molecule has 1 aliphatic heterocycles. The van der Waals surface area contributed by atoms with E-state index in [1.165, 1.54) is 4.57 Å². The molecule has 0 radical (unpaired) electrons. The van der Waals surface area contributed by atoms with E-state index in [9.17, 15) is 26.3 Å². The predicted molar refractivity (Wildman–Crippen MR) is 65.9 cm³/mol. The summed E-state index contributed by atoms with van der Waals surface area (Å²) in [5.74, 6) is -10.5. The molecule has 0 spiro atoms. The van der Waals surface area contributed by atoms with Crippen LogP contribution in [0.4, 0.5) is 26.3 Å². The van der Waals surface area contributed by atoms with Gasteiger partial charge in [-0.25, -0.2) is 22.1 Å². The lowest BCUT2D eigenvalue weighted by Gasteiger charge is -2.12. The second kappa shape index (κ2) is 5.24. The maximum atomic E-state index is 14.0. The Morgan fingerprint density at radius 3 is 2.09 bits per heavy atom. The highest BCUT2D eigenvalue weighted by Crippen LogP contribution is 2.34. The molecule has 0 fully saturated rings. The fraction of sp³-hybridized carbons (Fsp3) is 0.429. The molecule has 2 atom stereocenters. The number of rotatable bonds is 2. The van der Waals surface area contributed by atoms with Crippen molar-refractivity contribution in [2.24, 2.45) is 5.92 Å². The fourth-order valence-electron chi connectivity index (χ4n) is 2.77. The molecule has 2 heterocycles. The van der Waals surface area contributed by atoms with Crippen LogP contribution in [0.5, 0.6) is 0 Å². The average Bonchev–Trinajstić information content (AvgIpc) is 3.04.